The first-order valence-electron chi connectivity index (χ1n) is 5.53. The number of ketones is 1. The van der Waals surface area contributed by atoms with Crippen LogP contribution in [0.2, 0.25) is 0 Å². The molecule has 0 heterocycles. The maximum absolute atomic E-state index is 11.4. The second-order valence-electron chi connectivity index (χ2n) is 3.49. The summed E-state index contributed by atoms with van der Waals surface area (Å²) in [6.45, 7) is 9.17. The van der Waals surface area contributed by atoms with Gasteiger partial charge in [-0.15, -0.1) is 0 Å². The molecule has 1 atom stereocenters. The lowest BCUT2D eigenvalue weighted by atomic mass is 10.0. The fourth-order valence-electron chi connectivity index (χ4n) is 1.07. The molecule has 0 bridgehead atoms. The van der Waals surface area contributed by atoms with Crippen molar-refractivity contribution in [2.24, 2.45) is 5.92 Å². The number of hydrogen-bond acceptors (Lipinski definition) is 3. The van der Waals surface area contributed by atoms with Crippen molar-refractivity contribution >= 4 is 5.78 Å². The molecule has 0 spiro atoms. The number of likely N-dealkylation sites (N-methyl/N-ethyl adjacent to an activating group) is 1. The van der Waals surface area contributed by atoms with Crippen LogP contribution in [0.4, 0.5) is 0 Å². The summed E-state index contributed by atoms with van der Waals surface area (Å²) in [6, 6.07) is 0. The predicted octanol–water partition coefficient (Wildman–Crippen LogP) is 1.62. The van der Waals surface area contributed by atoms with Gasteiger partial charge < -0.3 is 10.1 Å². The Morgan fingerprint density at radius 1 is 1.36 bits per heavy atom. The number of carbonyl (C=O) groups excluding carboxylic acids is 1. The molecule has 0 aromatic rings. The molecule has 0 radical (unpaired) electrons. The summed E-state index contributed by atoms with van der Waals surface area (Å²) < 4.78 is 5.32. The highest BCUT2D eigenvalue weighted by Crippen LogP contribution is 2.04. The molecule has 84 valence electrons. The number of carbonyl (C=O) groups is 1. The third kappa shape index (κ3) is 7.04. The van der Waals surface area contributed by atoms with Gasteiger partial charge in [-0.3, -0.25) is 4.79 Å². The summed E-state index contributed by atoms with van der Waals surface area (Å²) in [7, 11) is 0. The topological polar surface area (TPSA) is 38.3 Å². The molecule has 0 saturated heterocycles. The lowest BCUT2D eigenvalue weighted by Crippen LogP contribution is -2.20. The molecule has 0 aromatic carbocycles. The van der Waals surface area contributed by atoms with Crippen molar-refractivity contribution in [2.45, 2.75) is 33.6 Å². The predicted molar refractivity (Wildman–Crippen MR) is 58.4 cm³/mol. The monoisotopic (exact) mass is 201 g/mol. The lowest BCUT2D eigenvalue weighted by Gasteiger charge is -2.07. The minimum absolute atomic E-state index is 0.187. The third-order valence-electron chi connectivity index (χ3n) is 2.33. The Kier molecular flexibility index (Phi) is 8.89. The number of rotatable bonds is 9. The molecule has 0 aromatic heterocycles. The zero-order chi connectivity index (χ0) is 10.8. The molecule has 0 rings (SSSR count). The zero-order valence-electron chi connectivity index (χ0n) is 9.64. The maximum Gasteiger partial charge on any atom is 0.137 e. The van der Waals surface area contributed by atoms with Crippen molar-refractivity contribution in [1.82, 2.24) is 5.32 Å². The van der Waals surface area contributed by atoms with E-state index >= 15 is 0 Å². The molecule has 3 heteroatoms. The third-order valence-corrected chi connectivity index (χ3v) is 2.33. The van der Waals surface area contributed by atoms with Gasteiger partial charge in [0.1, 0.15) is 5.78 Å². The van der Waals surface area contributed by atoms with Crippen LogP contribution in [0, 0.1) is 5.92 Å². The minimum atomic E-state index is 0.187. The van der Waals surface area contributed by atoms with Crippen LogP contribution in [0.25, 0.3) is 0 Å². The normalized spacial score (nSPS) is 12.8. The Labute approximate surface area is 87.2 Å². The molecule has 0 aliphatic rings. The Balaban J connectivity index is 3.23. The average Bonchev–Trinajstić information content (AvgIpc) is 2.21. The van der Waals surface area contributed by atoms with E-state index in [0.717, 1.165) is 19.5 Å². The first-order chi connectivity index (χ1) is 6.72. The van der Waals surface area contributed by atoms with Gasteiger partial charge >= 0.3 is 0 Å². The van der Waals surface area contributed by atoms with Gasteiger partial charge in [0.15, 0.2) is 0 Å². The van der Waals surface area contributed by atoms with Gasteiger partial charge in [-0.25, -0.2) is 0 Å². The van der Waals surface area contributed by atoms with Crippen LogP contribution in [0.5, 0.6) is 0 Å². The SMILES string of the molecule is CCNCCOCCC(=O)C(C)CC. The number of hydrogen-bond donors (Lipinski definition) is 1. The largest absolute Gasteiger partial charge is 0.380 e. The van der Waals surface area contributed by atoms with E-state index in [2.05, 4.69) is 12.2 Å². The van der Waals surface area contributed by atoms with Crippen molar-refractivity contribution in [2.75, 3.05) is 26.3 Å². The van der Waals surface area contributed by atoms with Gasteiger partial charge in [-0.1, -0.05) is 20.8 Å². The highest BCUT2D eigenvalue weighted by Gasteiger charge is 2.09. The standard InChI is InChI=1S/C11H23NO2/c1-4-10(3)11(13)6-8-14-9-7-12-5-2/h10,12H,4-9H2,1-3H3. The van der Waals surface area contributed by atoms with Crippen LogP contribution in [-0.4, -0.2) is 32.1 Å². The van der Waals surface area contributed by atoms with Crippen molar-refractivity contribution in [3.05, 3.63) is 0 Å². The summed E-state index contributed by atoms with van der Waals surface area (Å²) >= 11 is 0. The average molecular weight is 201 g/mol. The van der Waals surface area contributed by atoms with E-state index in [1.54, 1.807) is 0 Å². The van der Waals surface area contributed by atoms with E-state index < -0.39 is 0 Å². The molecule has 3 nitrogen and oxygen atoms in total. The van der Waals surface area contributed by atoms with Crippen LogP contribution in [0.15, 0.2) is 0 Å². The number of nitrogens with one attached hydrogen (secondary N) is 1. The van der Waals surface area contributed by atoms with Crippen molar-refractivity contribution in [3.63, 3.8) is 0 Å². The van der Waals surface area contributed by atoms with Gasteiger partial charge in [-0.2, -0.15) is 0 Å². The summed E-state index contributed by atoms with van der Waals surface area (Å²) in [5.41, 5.74) is 0. The van der Waals surface area contributed by atoms with Gasteiger partial charge in [0.05, 0.1) is 13.2 Å². The summed E-state index contributed by atoms with van der Waals surface area (Å²) in [4.78, 5) is 11.4. The molecule has 0 amide bonds. The molecule has 1 N–H and O–H groups in total. The van der Waals surface area contributed by atoms with Crippen LogP contribution >= 0.6 is 0 Å². The van der Waals surface area contributed by atoms with E-state index in [9.17, 15) is 4.79 Å². The summed E-state index contributed by atoms with van der Waals surface area (Å²) in [5, 5.41) is 3.16. The second-order valence-corrected chi connectivity index (χ2v) is 3.49. The quantitative estimate of drug-likeness (QED) is 0.576. The van der Waals surface area contributed by atoms with Gasteiger partial charge in [0.2, 0.25) is 0 Å². The first kappa shape index (κ1) is 13.6. The molecular weight excluding hydrogens is 178 g/mol. The van der Waals surface area contributed by atoms with E-state index in [4.69, 9.17) is 4.74 Å². The van der Waals surface area contributed by atoms with Gasteiger partial charge in [0, 0.05) is 18.9 Å². The van der Waals surface area contributed by atoms with Gasteiger partial charge in [0.25, 0.3) is 0 Å². The highest BCUT2D eigenvalue weighted by atomic mass is 16.5. The fourth-order valence-corrected chi connectivity index (χ4v) is 1.07. The van der Waals surface area contributed by atoms with Crippen molar-refractivity contribution < 1.29 is 9.53 Å². The smallest absolute Gasteiger partial charge is 0.137 e. The summed E-state index contributed by atoms with van der Waals surface area (Å²) in [6.07, 6.45) is 1.48. The van der Waals surface area contributed by atoms with Crippen molar-refractivity contribution in [1.29, 1.82) is 0 Å². The van der Waals surface area contributed by atoms with E-state index in [1.165, 1.54) is 0 Å². The highest BCUT2D eigenvalue weighted by molar-refractivity contribution is 5.80. The molecule has 14 heavy (non-hydrogen) atoms. The lowest BCUT2D eigenvalue weighted by molar-refractivity contribution is -0.123. The van der Waals surface area contributed by atoms with E-state index in [-0.39, 0.29) is 5.92 Å². The molecule has 0 aliphatic heterocycles. The van der Waals surface area contributed by atoms with Crippen LogP contribution in [0.3, 0.4) is 0 Å². The Morgan fingerprint density at radius 2 is 2.07 bits per heavy atom. The molecule has 0 saturated carbocycles. The molecule has 1 unspecified atom stereocenters. The molecule has 0 fully saturated rings. The molecule has 0 aliphatic carbocycles. The summed E-state index contributed by atoms with van der Waals surface area (Å²) in [5.74, 6) is 0.503. The maximum atomic E-state index is 11.4. The zero-order valence-corrected chi connectivity index (χ0v) is 9.64. The molecular formula is C11H23NO2. The fraction of sp³-hybridized carbons (Fsp3) is 0.909. The number of ether oxygens (including phenoxy) is 1. The minimum Gasteiger partial charge on any atom is -0.380 e. The van der Waals surface area contributed by atoms with Gasteiger partial charge in [-0.05, 0) is 13.0 Å². The Hall–Kier alpha value is -0.410. The number of Topliss-reactive ketones (excluding diaryl/α,β-unsaturated/α-hetero) is 1. The van der Waals surface area contributed by atoms with Crippen molar-refractivity contribution in [3.8, 4) is 0 Å². The van der Waals surface area contributed by atoms with Crippen LogP contribution < -0.4 is 5.32 Å². The Bertz CT molecular complexity index is 148. The second kappa shape index (κ2) is 9.16. The van der Waals surface area contributed by atoms with Crippen LogP contribution in [0.1, 0.15) is 33.6 Å². The van der Waals surface area contributed by atoms with Crippen LogP contribution in [-0.2, 0) is 9.53 Å². The Morgan fingerprint density at radius 3 is 2.64 bits per heavy atom. The van der Waals surface area contributed by atoms with E-state index in [0.29, 0.717) is 25.4 Å². The first-order valence-corrected chi connectivity index (χ1v) is 5.53. The van der Waals surface area contributed by atoms with E-state index in [1.807, 2.05) is 13.8 Å².